The van der Waals surface area contributed by atoms with Crippen LogP contribution in [0.4, 0.5) is 4.79 Å². The molecule has 1 aromatic carbocycles. The van der Waals surface area contributed by atoms with Crippen LogP contribution in [-0.2, 0) is 20.9 Å². The molecular weight excluding hydrogens is 406 g/mol. The molecule has 30 heavy (non-hydrogen) atoms. The number of benzene rings is 1. The van der Waals surface area contributed by atoms with E-state index in [0.29, 0.717) is 36.7 Å². The van der Waals surface area contributed by atoms with Crippen molar-refractivity contribution in [2.24, 2.45) is 0 Å². The summed E-state index contributed by atoms with van der Waals surface area (Å²) in [5.41, 5.74) is 2.98. The maximum Gasteiger partial charge on any atom is 0.410 e. The summed E-state index contributed by atoms with van der Waals surface area (Å²) < 4.78 is 5.05. The van der Waals surface area contributed by atoms with Crippen molar-refractivity contribution in [3.05, 3.63) is 52.8 Å². The molecule has 2 amide bonds. The van der Waals surface area contributed by atoms with Gasteiger partial charge in [-0.3, -0.25) is 9.78 Å². The second-order valence-electron chi connectivity index (χ2n) is 7.05. The van der Waals surface area contributed by atoms with Gasteiger partial charge in [-0.25, -0.2) is 4.79 Å². The standard InChI is InChI=1S/C22H24ClN3O4/c1-24-21(28)19(7-3-11-27)18-6-2-5-17(20(18)23)15-8-9-16(25-13-15)14-26-10-4-12-30-22(26)29/h2,5-6,8-9,11,13,19H,3-4,7,10,12,14H2,1H3,(H,24,28). The summed E-state index contributed by atoms with van der Waals surface area (Å²) in [6.07, 6.45) is 3.65. The number of amides is 2. The molecule has 1 aromatic heterocycles. The number of likely N-dealkylation sites (N-methyl/N-ethyl adjacent to an activating group) is 1. The molecular formula is C22H24ClN3O4. The van der Waals surface area contributed by atoms with Crippen LogP contribution in [0, 0.1) is 0 Å². The number of halogens is 1. The Morgan fingerprint density at radius 1 is 1.37 bits per heavy atom. The Hall–Kier alpha value is -2.93. The number of nitrogens with one attached hydrogen (secondary N) is 1. The van der Waals surface area contributed by atoms with Crippen LogP contribution in [-0.4, -0.2) is 48.4 Å². The lowest BCUT2D eigenvalue weighted by Gasteiger charge is -2.25. The fraction of sp³-hybridized carbons (Fsp3) is 0.364. The highest BCUT2D eigenvalue weighted by molar-refractivity contribution is 6.34. The van der Waals surface area contributed by atoms with Gasteiger partial charge in [-0.05, 0) is 24.5 Å². The molecule has 0 bridgehead atoms. The van der Waals surface area contributed by atoms with Crippen molar-refractivity contribution in [3.8, 4) is 11.1 Å². The van der Waals surface area contributed by atoms with Crippen LogP contribution in [0.1, 0.15) is 36.4 Å². The molecule has 1 aliphatic rings. The average Bonchev–Trinajstić information content (AvgIpc) is 2.77. The predicted octanol–water partition coefficient (Wildman–Crippen LogP) is 3.55. The zero-order chi connectivity index (χ0) is 21.5. The molecule has 0 saturated carbocycles. The van der Waals surface area contributed by atoms with Crippen molar-refractivity contribution < 1.29 is 19.1 Å². The van der Waals surface area contributed by atoms with Gasteiger partial charge in [0.1, 0.15) is 6.29 Å². The highest BCUT2D eigenvalue weighted by atomic mass is 35.5. The Morgan fingerprint density at radius 3 is 2.87 bits per heavy atom. The summed E-state index contributed by atoms with van der Waals surface area (Å²) in [5.74, 6) is -0.692. The van der Waals surface area contributed by atoms with Crippen LogP contribution in [0.15, 0.2) is 36.5 Å². The summed E-state index contributed by atoms with van der Waals surface area (Å²) in [7, 11) is 1.56. The number of aldehydes is 1. The number of nitrogens with zero attached hydrogens (tertiary/aromatic N) is 2. The SMILES string of the molecule is CNC(=O)C(CCC=O)c1cccc(-c2ccc(CN3CCCOC3=O)nc2)c1Cl. The molecule has 0 spiro atoms. The number of ether oxygens (including phenoxy) is 1. The number of carbonyl (C=O) groups excluding carboxylic acids is 3. The van der Waals surface area contributed by atoms with E-state index in [1.165, 1.54) is 0 Å². The number of pyridine rings is 1. The third-order valence-corrected chi connectivity index (χ3v) is 5.51. The number of cyclic esters (lactones) is 1. The van der Waals surface area contributed by atoms with Crippen LogP contribution >= 0.6 is 11.6 Å². The van der Waals surface area contributed by atoms with Crippen molar-refractivity contribution in [2.75, 3.05) is 20.2 Å². The van der Waals surface area contributed by atoms with Crippen molar-refractivity contribution in [3.63, 3.8) is 0 Å². The van der Waals surface area contributed by atoms with Crippen LogP contribution in [0.3, 0.4) is 0 Å². The molecule has 1 atom stereocenters. The minimum Gasteiger partial charge on any atom is -0.449 e. The largest absolute Gasteiger partial charge is 0.449 e. The van der Waals surface area contributed by atoms with Gasteiger partial charge in [-0.1, -0.05) is 35.9 Å². The van der Waals surface area contributed by atoms with E-state index in [4.69, 9.17) is 16.3 Å². The highest BCUT2D eigenvalue weighted by Gasteiger charge is 2.24. The fourth-order valence-electron chi connectivity index (χ4n) is 3.49. The Balaban J connectivity index is 1.83. The summed E-state index contributed by atoms with van der Waals surface area (Å²) in [4.78, 5) is 41.0. The maximum atomic E-state index is 12.3. The van der Waals surface area contributed by atoms with Gasteiger partial charge >= 0.3 is 6.09 Å². The van der Waals surface area contributed by atoms with Crippen molar-refractivity contribution in [1.29, 1.82) is 0 Å². The van der Waals surface area contributed by atoms with Gasteiger partial charge in [0.05, 0.1) is 29.8 Å². The van der Waals surface area contributed by atoms with Crippen LogP contribution in [0.25, 0.3) is 11.1 Å². The lowest BCUT2D eigenvalue weighted by molar-refractivity contribution is -0.122. The Morgan fingerprint density at radius 2 is 2.20 bits per heavy atom. The Kier molecular flexibility index (Phi) is 7.41. The van der Waals surface area contributed by atoms with Crippen molar-refractivity contribution in [2.45, 2.75) is 31.7 Å². The molecule has 1 saturated heterocycles. The zero-order valence-electron chi connectivity index (χ0n) is 16.8. The monoisotopic (exact) mass is 429 g/mol. The molecule has 158 valence electrons. The lowest BCUT2D eigenvalue weighted by atomic mass is 9.91. The van der Waals surface area contributed by atoms with E-state index in [1.54, 1.807) is 24.2 Å². The van der Waals surface area contributed by atoms with Gasteiger partial charge < -0.3 is 19.7 Å². The first-order valence-corrected chi connectivity index (χ1v) is 10.2. The van der Waals surface area contributed by atoms with Gasteiger partial charge in [-0.15, -0.1) is 0 Å². The third-order valence-electron chi connectivity index (χ3n) is 5.08. The van der Waals surface area contributed by atoms with Gasteiger partial charge in [0.15, 0.2) is 0 Å². The molecule has 2 heterocycles. The first-order valence-electron chi connectivity index (χ1n) is 9.85. The van der Waals surface area contributed by atoms with Crippen molar-refractivity contribution in [1.82, 2.24) is 15.2 Å². The number of carbonyl (C=O) groups is 3. The van der Waals surface area contributed by atoms with E-state index in [9.17, 15) is 14.4 Å². The second-order valence-corrected chi connectivity index (χ2v) is 7.43. The first kappa shape index (κ1) is 21.8. The number of hydrogen-bond acceptors (Lipinski definition) is 5. The molecule has 1 fully saturated rings. The normalized spacial score (nSPS) is 14.7. The van der Waals surface area contributed by atoms with Gasteiger partial charge in [0, 0.05) is 37.3 Å². The number of aromatic nitrogens is 1. The Bertz CT molecular complexity index is 917. The van der Waals surface area contributed by atoms with Gasteiger partial charge in [-0.2, -0.15) is 0 Å². The summed E-state index contributed by atoms with van der Waals surface area (Å²) >= 11 is 6.67. The molecule has 3 rings (SSSR count). The molecule has 0 aliphatic carbocycles. The molecule has 2 aromatic rings. The third kappa shape index (κ3) is 4.97. The van der Waals surface area contributed by atoms with E-state index in [0.717, 1.165) is 29.5 Å². The zero-order valence-corrected chi connectivity index (χ0v) is 17.5. The van der Waals surface area contributed by atoms with Gasteiger partial charge in [0.25, 0.3) is 0 Å². The summed E-state index contributed by atoms with van der Waals surface area (Å²) in [6.45, 7) is 1.50. The van der Waals surface area contributed by atoms with Gasteiger partial charge in [0.2, 0.25) is 5.91 Å². The highest BCUT2D eigenvalue weighted by Crippen LogP contribution is 2.36. The molecule has 0 radical (unpaired) electrons. The van der Waals surface area contributed by atoms with E-state index < -0.39 is 5.92 Å². The van der Waals surface area contributed by atoms with Crippen LogP contribution < -0.4 is 5.32 Å². The fourth-order valence-corrected chi connectivity index (χ4v) is 3.86. The number of rotatable bonds is 8. The summed E-state index contributed by atoms with van der Waals surface area (Å²) in [5, 5.41) is 3.10. The second kappa shape index (κ2) is 10.2. The molecule has 7 nitrogen and oxygen atoms in total. The maximum absolute atomic E-state index is 12.3. The smallest absolute Gasteiger partial charge is 0.410 e. The number of hydrogen-bond donors (Lipinski definition) is 1. The Labute approximate surface area is 180 Å². The van der Waals surface area contributed by atoms with Crippen molar-refractivity contribution >= 4 is 29.9 Å². The van der Waals surface area contributed by atoms with E-state index in [1.807, 2.05) is 24.3 Å². The van der Waals surface area contributed by atoms with Crippen LogP contribution in [0.5, 0.6) is 0 Å². The average molecular weight is 430 g/mol. The molecule has 1 aliphatic heterocycles. The molecule has 1 unspecified atom stereocenters. The van der Waals surface area contributed by atoms with E-state index >= 15 is 0 Å². The van der Waals surface area contributed by atoms with E-state index in [-0.39, 0.29) is 18.4 Å². The quantitative estimate of drug-likeness (QED) is 0.648. The van der Waals surface area contributed by atoms with E-state index in [2.05, 4.69) is 10.3 Å². The molecule has 8 heteroatoms. The lowest BCUT2D eigenvalue weighted by Crippen LogP contribution is -2.37. The van der Waals surface area contributed by atoms with Crippen LogP contribution in [0.2, 0.25) is 5.02 Å². The molecule has 1 N–H and O–H groups in total. The summed E-state index contributed by atoms with van der Waals surface area (Å²) in [6, 6.07) is 9.25. The minimum atomic E-state index is -0.509. The predicted molar refractivity (Wildman–Crippen MR) is 113 cm³/mol. The minimum absolute atomic E-state index is 0.183. The first-order chi connectivity index (χ1) is 14.5. The topological polar surface area (TPSA) is 88.6 Å².